The number of nitrogens with zero attached hydrogens (tertiary/aromatic N) is 1. The van der Waals surface area contributed by atoms with Crippen LogP contribution in [0.4, 0.5) is 0 Å². The first-order chi connectivity index (χ1) is 9.65. The predicted octanol–water partition coefficient (Wildman–Crippen LogP) is 2.79. The maximum Gasteiger partial charge on any atom is 0.162 e. The normalized spacial score (nSPS) is 23.8. The lowest BCUT2D eigenvalue weighted by Crippen LogP contribution is -2.47. The van der Waals surface area contributed by atoms with E-state index in [4.69, 9.17) is 9.47 Å². The second kappa shape index (κ2) is 6.95. The van der Waals surface area contributed by atoms with E-state index >= 15 is 0 Å². The molecule has 1 saturated heterocycles. The van der Waals surface area contributed by atoms with Crippen molar-refractivity contribution in [2.24, 2.45) is 0 Å². The Labute approximate surface area is 121 Å². The number of para-hydroxylation sites is 1. The van der Waals surface area contributed by atoms with Crippen LogP contribution in [0.25, 0.3) is 0 Å². The number of morpholine rings is 1. The van der Waals surface area contributed by atoms with Gasteiger partial charge < -0.3 is 14.6 Å². The number of aromatic hydroxyl groups is 1. The lowest BCUT2D eigenvalue weighted by Gasteiger charge is -2.38. The summed E-state index contributed by atoms with van der Waals surface area (Å²) in [5.74, 6) is 0.836. The lowest BCUT2D eigenvalue weighted by atomic mass is 10.1. The third-order valence-corrected chi connectivity index (χ3v) is 3.81. The van der Waals surface area contributed by atoms with Gasteiger partial charge in [-0.25, -0.2) is 0 Å². The molecule has 1 N–H and O–H groups in total. The van der Waals surface area contributed by atoms with Gasteiger partial charge in [0.2, 0.25) is 0 Å². The summed E-state index contributed by atoms with van der Waals surface area (Å²) in [6.45, 7) is 9.15. The van der Waals surface area contributed by atoms with Gasteiger partial charge in [-0.15, -0.1) is 0 Å². The van der Waals surface area contributed by atoms with Crippen molar-refractivity contribution in [1.82, 2.24) is 4.90 Å². The summed E-state index contributed by atoms with van der Waals surface area (Å²) in [6, 6.07) is 6.12. The van der Waals surface area contributed by atoms with Crippen LogP contribution >= 0.6 is 0 Å². The van der Waals surface area contributed by atoms with Gasteiger partial charge in [-0.05, 0) is 26.3 Å². The molecule has 1 heterocycles. The number of ether oxygens (including phenoxy) is 2. The second-order valence-electron chi connectivity index (χ2n) is 5.33. The van der Waals surface area contributed by atoms with E-state index in [0.717, 1.165) is 31.7 Å². The summed E-state index contributed by atoms with van der Waals surface area (Å²) in [7, 11) is 0. The lowest BCUT2D eigenvalue weighted by molar-refractivity contribution is -0.0593. The molecule has 1 fully saturated rings. The Bertz CT molecular complexity index is 436. The average molecular weight is 279 g/mol. The Balaban J connectivity index is 2.13. The number of benzene rings is 1. The summed E-state index contributed by atoms with van der Waals surface area (Å²) >= 11 is 0. The molecule has 0 saturated carbocycles. The molecule has 0 bridgehead atoms. The highest BCUT2D eigenvalue weighted by Crippen LogP contribution is 2.31. The van der Waals surface area contributed by atoms with E-state index in [9.17, 15) is 5.11 Å². The minimum absolute atomic E-state index is 0.245. The second-order valence-corrected chi connectivity index (χ2v) is 5.33. The van der Waals surface area contributed by atoms with Gasteiger partial charge in [0.1, 0.15) is 0 Å². The average Bonchev–Trinajstić information content (AvgIpc) is 2.44. The van der Waals surface area contributed by atoms with E-state index in [1.165, 1.54) is 0 Å². The maximum absolute atomic E-state index is 10.3. The monoisotopic (exact) mass is 279 g/mol. The molecule has 0 aliphatic carbocycles. The molecule has 2 atom stereocenters. The molecule has 2 rings (SSSR count). The SMILES string of the molecule is CCOc1cccc(CN2CC(C)OCC2CC)c1O. The summed E-state index contributed by atoms with van der Waals surface area (Å²) in [4.78, 5) is 2.39. The van der Waals surface area contributed by atoms with Gasteiger partial charge in [0, 0.05) is 24.7 Å². The van der Waals surface area contributed by atoms with Crippen LogP contribution in [0.15, 0.2) is 18.2 Å². The van der Waals surface area contributed by atoms with Crippen molar-refractivity contribution < 1.29 is 14.6 Å². The topological polar surface area (TPSA) is 41.9 Å². The van der Waals surface area contributed by atoms with E-state index in [2.05, 4.69) is 18.7 Å². The van der Waals surface area contributed by atoms with Crippen molar-refractivity contribution in [3.05, 3.63) is 23.8 Å². The quantitative estimate of drug-likeness (QED) is 0.900. The molecule has 0 amide bonds. The van der Waals surface area contributed by atoms with E-state index in [1.807, 2.05) is 25.1 Å². The van der Waals surface area contributed by atoms with Gasteiger partial charge in [-0.2, -0.15) is 0 Å². The van der Waals surface area contributed by atoms with Gasteiger partial charge >= 0.3 is 0 Å². The summed E-state index contributed by atoms with van der Waals surface area (Å²) in [5, 5.41) is 10.3. The molecular formula is C16H25NO3. The highest BCUT2D eigenvalue weighted by Gasteiger charge is 2.26. The number of phenols is 1. The van der Waals surface area contributed by atoms with Crippen molar-refractivity contribution >= 4 is 0 Å². The molecule has 0 spiro atoms. The summed E-state index contributed by atoms with van der Waals surface area (Å²) in [6.07, 6.45) is 1.30. The van der Waals surface area contributed by atoms with Gasteiger partial charge in [-0.1, -0.05) is 19.1 Å². The molecule has 1 aromatic rings. The highest BCUT2D eigenvalue weighted by atomic mass is 16.5. The standard InChI is InChI=1S/C16H25NO3/c1-4-14-11-20-12(3)9-17(14)10-13-7-6-8-15(16(13)18)19-5-2/h6-8,12,14,18H,4-5,9-11H2,1-3H3. The Kier molecular flexibility index (Phi) is 5.26. The summed E-state index contributed by atoms with van der Waals surface area (Å²) < 4.78 is 11.2. The van der Waals surface area contributed by atoms with Crippen LogP contribution in [-0.4, -0.2) is 41.9 Å². The molecule has 4 heteroatoms. The Hall–Kier alpha value is -1.26. The van der Waals surface area contributed by atoms with Crippen LogP contribution in [0.1, 0.15) is 32.8 Å². The molecule has 0 radical (unpaired) electrons. The molecule has 1 aliphatic heterocycles. The number of rotatable bonds is 5. The maximum atomic E-state index is 10.3. The zero-order chi connectivity index (χ0) is 14.5. The molecular weight excluding hydrogens is 254 g/mol. The Morgan fingerprint density at radius 2 is 2.20 bits per heavy atom. The van der Waals surface area contributed by atoms with Gasteiger partial charge in [0.15, 0.2) is 11.5 Å². The third kappa shape index (κ3) is 3.44. The summed E-state index contributed by atoms with van der Waals surface area (Å²) in [5.41, 5.74) is 0.920. The van der Waals surface area contributed by atoms with Crippen LogP contribution in [-0.2, 0) is 11.3 Å². The van der Waals surface area contributed by atoms with Crippen LogP contribution in [0.5, 0.6) is 11.5 Å². The predicted molar refractivity (Wildman–Crippen MR) is 79.2 cm³/mol. The third-order valence-electron chi connectivity index (χ3n) is 3.81. The van der Waals surface area contributed by atoms with Gasteiger partial charge in [0.25, 0.3) is 0 Å². The first kappa shape index (κ1) is 15.1. The molecule has 1 aliphatic rings. The fourth-order valence-electron chi connectivity index (χ4n) is 2.67. The smallest absolute Gasteiger partial charge is 0.162 e. The van der Waals surface area contributed by atoms with E-state index in [1.54, 1.807) is 0 Å². The van der Waals surface area contributed by atoms with Crippen molar-refractivity contribution in [3.8, 4) is 11.5 Å². The van der Waals surface area contributed by atoms with Crippen molar-refractivity contribution in [2.75, 3.05) is 19.8 Å². The van der Waals surface area contributed by atoms with Crippen LogP contribution < -0.4 is 4.74 Å². The fraction of sp³-hybridized carbons (Fsp3) is 0.625. The van der Waals surface area contributed by atoms with Gasteiger partial charge in [0.05, 0.1) is 19.3 Å². The minimum atomic E-state index is 0.245. The van der Waals surface area contributed by atoms with Crippen LogP contribution in [0.2, 0.25) is 0 Å². The van der Waals surface area contributed by atoms with Crippen molar-refractivity contribution in [2.45, 2.75) is 45.9 Å². The Morgan fingerprint density at radius 3 is 2.90 bits per heavy atom. The minimum Gasteiger partial charge on any atom is -0.504 e. The number of phenolic OH excluding ortho intramolecular Hbond substituents is 1. The zero-order valence-electron chi connectivity index (χ0n) is 12.6. The molecule has 2 unspecified atom stereocenters. The van der Waals surface area contributed by atoms with E-state index in [0.29, 0.717) is 18.4 Å². The zero-order valence-corrected chi connectivity index (χ0v) is 12.6. The number of hydrogen-bond acceptors (Lipinski definition) is 4. The van der Waals surface area contributed by atoms with Crippen LogP contribution in [0, 0.1) is 0 Å². The van der Waals surface area contributed by atoms with E-state index < -0.39 is 0 Å². The van der Waals surface area contributed by atoms with E-state index in [-0.39, 0.29) is 11.9 Å². The first-order valence-electron chi connectivity index (χ1n) is 7.45. The van der Waals surface area contributed by atoms with Gasteiger partial charge in [-0.3, -0.25) is 4.90 Å². The molecule has 4 nitrogen and oxygen atoms in total. The molecule has 0 aromatic heterocycles. The Morgan fingerprint density at radius 1 is 1.40 bits per heavy atom. The molecule has 112 valence electrons. The first-order valence-corrected chi connectivity index (χ1v) is 7.45. The number of hydrogen-bond donors (Lipinski definition) is 1. The van der Waals surface area contributed by atoms with Crippen molar-refractivity contribution in [1.29, 1.82) is 0 Å². The highest BCUT2D eigenvalue weighted by molar-refractivity contribution is 5.45. The molecule has 1 aromatic carbocycles. The molecule has 20 heavy (non-hydrogen) atoms. The fourth-order valence-corrected chi connectivity index (χ4v) is 2.67. The van der Waals surface area contributed by atoms with Crippen molar-refractivity contribution in [3.63, 3.8) is 0 Å². The largest absolute Gasteiger partial charge is 0.504 e. The van der Waals surface area contributed by atoms with Crippen LogP contribution in [0.3, 0.4) is 0 Å².